The van der Waals surface area contributed by atoms with Gasteiger partial charge in [0.2, 0.25) is 0 Å². The first-order valence-electron chi connectivity index (χ1n) is 12.0. The Morgan fingerprint density at radius 2 is 1.78 bits per heavy atom. The molecule has 0 bridgehead atoms. The van der Waals surface area contributed by atoms with Crippen LogP contribution in [0.1, 0.15) is 36.7 Å². The summed E-state index contributed by atoms with van der Waals surface area (Å²) in [6, 6.07) is 23.0. The summed E-state index contributed by atoms with van der Waals surface area (Å²) in [7, 11) is 0. The van der Waals surface area contributed by atoms with Crippen LogP contribution in [0.2, 0.25) is 0 Å². The minimum Gasteiger partial charge on any atom is -0.422 e. The molecule has 3 N–H and O–H groups in total. The maximum absolute atomic E-state index is 13.3. The quantitative estimate of drug-likeness (QED) is 0.259. The molecular formula is C29H23N3O4S. The third-order valence-electron chi connectivity index (χ3n) is 6.74. The molecular weight excluding hydrogens is 486 g/mol. The average Bonchev–Trinajstić information content (AvgIpc) is 3.26. The predicted octanol–water partition coefficient (Wildman–Crippen LogP) is 4.92. The van der Waals surface area contributed by atoms with Gasteiger partial charge < -0.3 is 15.5 Å². The summed E-state index contributed by atoms with van der Waals surface area (Å²) in [5.41, 5.74) is 7.68. The van der Waals surface area contributed by atoms with Crippen molar-refractivity contribution >= 4 is 49.9 Å². The zero-order valence-corrected chi connectivity index (χ0v) is 20.6. The van der Waals surface area contributed by atoms with Crippen molar-refractivity contribution in [2.24, 2.45) is 5.73 Å². The zero-order valence-electron chi connectivity index (χ0n) is 19.8. The van der Waals surface area contributed by atoms with E-state index in [1.54, 1.807) is 12.1 Å². The van der Waals surface area contributed by atoms with Crippen LogP contribution >= 0.6 is 11.3 Å². The first-order chi connectivity index (χ1) is 18.0. The fourth-order valence-corrected chi connectivity index (χ4v) is 6.27. The fraction of sp³-hybridized carbons (Fsp3) is 0.138. The second-order valence-corrected chi connectivity index (χ2v) is 10.2. The number of rotatable bonds is 5. The first kappa shape index (κ1) is 23.1. The van der Waals surface area contributed by atoms with Crippen LogP contribution in [0.4, 0.5) is 5.00 Å². The molecule has 184 valence electrons. The smallest absolute Gasteiger partial charge is 0.349 e. The monoisotopic (exact) mass is 509 g/mol. The maximum atomic E-state index is 13.3. The topological polar surface area (TPSA) is 106 Å². The molecule has 6 rings (SSSR count). The molecule has 0 radical (unpaired) electrons. The number of hydrogen-bond acceptors (Lipinski definition) is 6. The Morgan fingerprint density at radius 3 is 2.59 bits per heavy atom. The van der Waals surface area contributed by atoms with Gasteiger partial charge in [0.15, 0.2) is 0 Å². The van der Waals surface area contributed by atoms with E-state index in [1.165, 1.54) is 16.9 Å². The maximum Gasteiger partial charge on any atom is 0.349 e. The van der Waals surface area contributed by atoms with Gasteiger partial charge in [-0.1, -0.05) is 60.7 Å². The molecule has 1 aliphatic heterocycles. The summed E-state index contributed by atoms with van der Waals surface area (Å²) in [6.45, 7) is 2.21. The van der Waals surface area contributed by atoms with E-state index in [-0.39, 0.29) is 5.56 Å². The van der Waals surface area contributed by atoms with Gasteiger partial charge in [-0.2, -0.15) is 0 Å². The van der Waals surface area contributed by atoms with Crippen LogP contribution in [0.3, 0.4) is 0 Å². The van der Waals surface area contributed by atoms with E-state index in [9.17, 15) is 14.4 Å². The molecule has 2 amide bonds. The number of anilines is 1. The van der Waals surface area contributed by atoms with Gasteiger partial charge in [0.1, 0.15) is 16.1 Å². The summed E-state index contributed by atoms with van der Waals surface area (Å²) >= 11 is 1.33. The van der Waals surface area contributed by atoms with Crippen LogP contribution in [-0.2, 0) is 19.5 Å². The minimum atomic E-state index is -0.740. The average molecular weight is 510 g/mol. The van der Waals surface area contributed by atoms with Crippen LogP contribution in [0.5, 0.6) is 0 Å². The minimum absolute atomic E-state index is 0.128. The van der Waals surface area contributed by atoms with Crippen molar-refractivity contribution in [3.63, 3.8) is 0 Å². The number of carbonyl (C=O) groups is 2. The molecule has 0 fully saturated rings. The van der Waals surface area contributed by atoms with Crippen LogP contribution in [0.25, 0.3) is 21.7 Å². The molecule has 0 spiro atoms. The number of hydrogen-bond donors (Lipinski definition) is 2. The highest BCUT2D eigenvalue weighted by atomic mass is 32.1. The van der Waals surface area contributed by atoms with E-state index in [1.807, 2.05) is 48.5 Å². The first-order valence-corrected chi connectivity index (χ1v) is 12.8. The summed E-state index contributed by atoms with van der Waals surface area (Å²) in [5.74, 6) is -1.23. The van der Waals surface area contributed by atoms with Gasteiger partial charge in [-0.3, -0.25) is 14.5 Å². The van der Waals surface area contributed by atoms with Crippen molar-refractivity contribution in [3.05, 3.63) is 110 Å². The molecule has 8 heteroatoms. The summed E-state index contributed by atoms with van der Waals surface area (Å²) < 4.78 is 5.48. The number of primary amides is 1. The Morgan fingerprint density at radius 1 is 1.00 bits per heavy atom. The van der Waals surface area contributed by atoms with Gasteiger partial charge in [-0.05, 0) is 40.5 Å². The van der Waals surface area contributed by atoms with Crippen molar-refractivity contribution in [3.8, 4) is 0 Å². The Kier molecular flexibility index (Phi) is 5.82. The van der Waals surface area contributed by atoms with Gasteiger partial charge in [0, 0.05) is 29.9 Å². The molecule has 2 aromatic heterocycles. The summed E-state index contributed by atoms with van der Waals surface area (Å²) in [4.78, 5) is 41.7. The van der Waals surface area contributed by atoms with E-state index in [2.05, 4.69) is 22.3 Å². The molecule has 0 saturated heterocycles. The molecule has 0 saturated carbocycles. The van der Waals surface area contributed by atoms with Crippen LogP contribution in [0.15, 0.2) is 82.0 Å². The largest absolute Gasteiger partial charge is 0.422 e. The van der Waals surface area contributed by atoms with Gasteiger partial charge in [0.05, 0.1) is 5.56 Å². The number of benzene rings is 3. The lowest BCUT2D eigenvalue weighted by Crippen LogP contribution is -2.30. The molecule has 37 heavy (non-hydrogen) atoms. The Bertz CT molecular complexity index is 1740. The number of amides is 2. The third kappa shape index (κ3) is 4.30. The molecule has 3 heterocycles. The van der Waals surface area contributed by atoms with Crippen molar-refractivity contribution in [1.82, 2.24) is 4.90 Å². The fourth-order valence-electron chi connectivity index (χ4n) is 4.98. The zero-order chi connectivity index (χ0) is 25.5. The highest BCUT2D eigenvalue weighted by molar-refractivity contribution is 7.17. The van der Waals surface area contributed by atoms with Crippen LogP contribution in [0, 0.1) is 0 Å². The predicted molar refractivity (Wildman–Crippen MR) is 145 cm³/mol. The van der Waals surface area contributed by atoms with Crippen molar-refractivity contribution in [2.75, 3.05) is 11.9 Å². The summed E-state index contributed by atoms with van der Waals surface area (Å²) in [5, 5.41) is 5.66. The SMILES string of the molecule is NC(=O)c1c(NC(=O)c2cc3c(ccc4ccccc43)oc2=O)sc2c1CCN(Cc1ccccc1)C2. The lowest BCUT2D eigenvalue weighted by molar-refractivity contribution is 0.0999. The second-order valence-electron chi connectivity index (χ2n) is 9.12. The van der Waals surface area contributed by atoms with Crippen molar-refractivity contribution < 1.29 is 14.0 Å². The van der Waals surface area contributed by atoms with Crippen molar-refractivity contribution in [1.29, 1.82) is 0 Å². The standard InChI is InChI=1S/C29H23N3O4S/c30-26(33)25-20-12-13-32(15-17-6-2-1-3-7-17)16-24(20)37-28(25)31-27(34)22-14-21-19-9-5-4-8-18(19)10-11-23(21)36-29(22)35/h1-11,14H,12-13,15-16H2,(H2,30,33)(H,31,34). The molecule has 7 nitrogen and oxygen atoms in total. The number of nitrogens with two attached hydrogens (primary N) is 1. The molecule has 1 aliphatic rings. The lowest BCUT2D eigenvalue weighted by Gasteiger charge is -2.27. The Hall–Kier alpha value is -4.27. The van der Waals surface area contributed by atoms with Crippen molar-refractivity contribution in [2.45, 2.75) is 19.5 Å². The lowest BCUT2D eigenvalue weighted by atomic mass is 10.0. The molecule has 0 aliphatic carbocycles. The van der Waals surface area contributed by atoms with E-state index >= 15 is 0 Å². The Labute approximate surface area is 216 Å². The van der Waals surface area contributed by atoms with E-state index in [4.69, 9.17) is 10.2 Å². The van der Waals surface area contributed by atoms with E-state index < -0.39 is 17.4 Å². The normalized spacial score (nSPS) is 13.5. The highest BCUT2D eigenvalue weighted by Gasteiger charge is 2.28. The van der Waals surface area contributed by atoms with Crippen LogP contribution < -0.4 is 16.7 Å². The van der Waals surface area contributed by atoms with Gasteiger partial charge in [0.25, 0.3) is 11.8 Å². The van der Waals surface area contributed by atoms with E-state index in [0.29, 0.717) is 34.5 Å². The Balaban J connectivity index is 1.32. The molecule has 0 unspecified atom stereocenters. The highest BCUT2D eigenvalue weighted by Crippen LogP contribution is 2.37. The van der Waals surface area contributed by atoms with Gasteiger partial charge in [-0.15, -0.1) is 11.3 Å². The number of fused-ring (bicyclic) bond motifs is 4. The van der Waals surface area contributed by atoms with Gasteiger partial charge in [-0.25, -0.2) is 4.79 Å². The number of thiophene rings is 1. The summed E-state index contributed by atoms with van der Waals surface area (Å²) in [6.07, 6.45) is 0.650. The number of nitrogens with one attached hydrogen (secondary N) is 1. The number of nitrogens with zero attached hydrogens (tertiary/aromatic N) is 1. The second kappa shape index (κ2) is 9.31. The molecule has 3 aromatic carbocycles. The van der Waals surface area contributed by atoms with Gasteiger partial charge >= 0.3 is 5.63 Å². The van der Waals surface area contributed by atoms with Crippen LogP contribution in [-0.4, -0.2) is 23.3 Å². The van der Waals surface area contributed by atoms with E-state index in [0.717, 1.165) is 34.3 Å². The molecule has 5 aromatic rings. The number of carbonyl (C=O) groups excluding carboxylic acids is 2. The molecule has 0 atom stereocenters. The third-order valence-corrected chi connectivity index (χ3v) is 7.88.